The Kier molecular flexibility index (Phi) is 3.33. The number of pyridine rings is 2. The quantitative estimate of drug-likeness (QED) is 0.848. The molecule has 0 unspecified atom stereocenters. The van der Waals surface area contributed by atoms with E-state index in [-0.39, 0.29) is 0 Å². The van der Waals surface area contributed by atoms with Gasteiger partial charge in [-0.2, -0.15) is 0 Å². The van der Waals surface area contributed by atoms with Crippen molar-refractivity contribution in [2.45, 2.75) is 6.54 Å². The molecule has 0 radical (unpaired) electrons. The van der Waals surface area contributed by atoms with Crippen LogP contribution in [0, 0.1) is 0 Å². The molecule has 1 N–H and O–H groups in total. The molecule has 0 bridgehead atoms. The van der Waals surface area contributed by atoms with E-state index in [2.05, 4.69) is 15.3 Å². The fourth-order valence-electron chi connectivity index (χ4n) is 1.31. The lowest BCUT2D eigenvalue weighted by Gasteiger charge is -2.06. The molecule has 16 heavy (non-hydrogen) atoms. The minimum Gasteiger partial charge on any atom is -0.481 e. The molecule has 0 aliphatic carbocycles. The number of nitrogens with zero attached hydrogens (tertiary/aromatic N) is 2. The molecule has 2 aromatic heterocycles. The van der Waals surface area contributed by atoms with Crippen LogP contribution in [0.15, 0.2) is 42.9 Å². The number of nitrogens with one attached hydrogen (secondary N) is 1. The monoisotopic (exact) mass is 215 g/mol. The maximum Gasteiger partial charge on any atom is 0.213 e. The molecule has 4 heteroatoms. The summed E-state index contributed by atoms with van der Waals surface area (Å²) < 4.78 is 4.98. The third-order valence-electron chi connectivity index (χ3n) is 2.16. The fourth-order valence-corrected chi connectivity index (χ4v) is 1.31. The highest BCUT2D eigenvalue weighted by Crippen LogP contribution is 2.11. The van der Waals surface area contributed by atoms with Crippen molar-refractivity contribution in [1.29, 1.82) is 0 Å². The Morgan fingerprint density at radius 2 is 2.19 bits per heavy atom. The molecule has 0 saturated carbocycles. The van der Waals surface area contributed by atoms with Gasteiger partial charge in [-0.15, -0.1) is 0 Å². The summed E-state index contributed by atoms with van der Waals surface area (Å²) in [5.41, 5.74) is 2.10. The van der Waals surface area contributed by atoms with Crippen molar-refractivity contribution < 1.29 is 4.74 Å². The first-order valence-electron chi connectivity index (χ1n) is 5.01. The van der Waals surface area contributed by atoms with Gasteiger partial charge >= 0.3 is 0 Å². The predicted octanol–water partition coefficient (Wildman–Crippen LogP) is 2.10. The molecule has 0 amide bonds. The minimum atomic E-state index is 0.618. The van der Waals surface area contributed by atoms with E-state index >= 15 is 0 Å². The third-order valence-corrected chi connectivity index (χ3v) is 2.16. The Labute approximate surface area is 94.3 Å². The Morgan fingerprint density at radius 3 is 2.81 bits per heavy atom. The average Bonchev–Trinajstić information content (AvgIpc) is 2.38. The van der Waals surface area contributed by atoms with Gasteiger partial charge < -0.3 is 10.1 Å². The van der Waals surface area contributed by atoms with E-state index in [1.54, 1.807) is 19.5 Å². The van der Waals surface area contributed by atoms with Crippen LogP contribution in [0.2, 0.25) is 0 Å². The lowest BCUT2D eigenvalue weighted by molar-refractivity contribution is 0.398. The molecule has 0 saturated heterocycles. The zero-order valence-electron chi connectivity index (χ0n) is 9.05. The van der Waals surface area contributed by atoms with Crippen LogP contribution in [0.1, 0.15) is 5.56 Å². The topological polar surface area (TPSA) is 47.0 Å². The maximum absolute atomic E-state index is 4.98. The van der Waals surface area contributed by atoms with Gasteiger partial charge in [0.2, 0.25) is 5.88 Å². The summed E-state index contributed by atoms with van der Waals surface area (Å²) in [6, 6.07) is 7.70. The molecule has 2 heterocycles. The Hall–Kier alpha value is -2.10. The largest absolute Gasteiger partial charge is 0.481 e. The van der Waals surface area contributed by atoms with E-state index in [1.807, 2.05) is 30.5 Å². The Bertz CT molecular complexity index is 428. The summed E-state index contributed by atoms with van der Waals surface area (Å²) in [5.74, 6) is 0.618. The van der Waals surface area contributed by atoms with Crippen molar-refractivity contribution in [3.8, 4) is 5.88 Å². The number of methoxy groups -OCH3 is 1. The SMILES string of the molecule is COc1ccc(NCc2cccnc2)cn1. The Balaban J connectivity index is 1.94. The zero-order valence-corrected chi connectivity index (χ0v) is 9.05. The van der Waals surface area contributed by atoms with Gasteiger partial charge in [-0.3, -0.25) is 4.98 Å². The number of ether oxygens (including phenoxy) is 1. The van der Waals surface area contributed by atoms with Crippen LogP contribution < -0.4 is 10.1 Å². The van der Waals surface area contributed by atoms with Crippen molar-refractivity contribution in [3.05, 3.63) is 48.4 Å². The summed E-state index contributed by atoms with van der Waals surface area (Å²) in [5, 5.41) is 3.25. The molecule has 0 atom stereocenters. The van der Waals surface area contributed by atoms with Gasteiger partial charge in [-0.25, -0.2) is 4.98 Å². The zero-order chi connectivity index (χ0) is 11.2. The molecule has 2 aromatic rings. The minimum absolute atomic E-state index is 0.618. The lowest BCUT2D eigenvalue weighted by atomic mass is 10.3. The second kappa shape index (κ2) is 5.11. The van der Waals surface area contributed by atoms with Crippen molar-refractivity contribution in [2.24, 2.45) is 0 Å². The van der Waals surface area contributed by atoms with Crippen molar-refractivity contribution in [2.75, 3.05) is 12.4 Å². The molecule has 82 valence electrons. The number of hydrogen-bond donors (Lipinski definition) is 1. The second-order valence-electron chi connectivity index (χ2n) is 3.30. The van der Waals surface area contributed by atoms with E-state index in [0.717, 1.165) is 17.8 Å². The van der Waals surface area contributed by atoms with Crippen molar-refractivity contribution in [3.63, 3.8) is 0 Å². The first-order chi connectivity index (χ1) is 7.88. The van der Waals surface area contributed by atoms with E-state index in [1.165, 1.54) is 0 Å². The molecule has 0 fully saturated rings. The number of rotatable bonds is 4. The number of anilines is 1. The molecule has 0 spiro atoms. The maximum atomic E-state index is 4.98. The third kappa shape index (κ3) is 2.70. The highest BCUT2D eigenvalue weighted by Gasteiger charge is 1.95. The number of hydrogen-bond acceptors (Lipinski definition) is 4. The lowest BCUT2D eigenvalue weighted by Crippen LogP contribution is -2.00. The molecule has 4 nitrogen and oxygen atoms in total. The van der Waals surface area contributed by atoms with E-state index in [9.17, 15) is 0 Å². The highest BCUT2D eigenvalue weighted by molar-refractivity contribution is 5.42. The standard InChI is InChI=1S/C12H13N3O/c1-16-12-5-4-11(9-15-12)14-8-10-3-2-6-13-7-10/h2-7,9,14H,8H2,1H3. The van der Waals surface area contributed by atoms with Crippen LogP contribution in [-0.4, -0.2) is 17.1 Å². The van der Waals surface area contributed by atoms with Crippen LogP contribution in [0.25, 0.3) is 0 Å². The van der Waals surface area contributed by atoms with Gasteiger partial charge in [0.15, 0.2) is 0 Å². The summed E-state index contributed by atoms with van der Waals surface area (Å²) >= 11 is 0. The van der Waals surface area contributed by atoms with Crippen LogP contribution in [-0.2, 0) is 6.54 Å². The Morgan fingerprint density at radius 1 is 1.25 bits per heavy atom. The van der Waals surface area contributed by atoms with Gasteiger partial charge in [-0.05, 0) is 17.7 Å². The van der Waals surface area contributed by atoms with Gasteiger partial charge in [0, 0.05) is 25.0 Å². The van der Waals surface area contributed by atoms with Crippen molar-refractivity contribution >= 4 is 5.69 Å². The fraction of sp³-hybridized carbons (Fsp3) is 0.167. The van der Waals surface area contributed by atoms with Crippen LogP contribution in [0.4, 0.5) is 5.69 Å². The predicted molar refractivity (Wildman–Crippen MR) is 62.4 cm³/mol. The van der Waals surface area contributed by atoms with E-state index in [4.69, 9.17) is 4.74 Å². The highest BCUT2D eigenvalue weighted by atomic mass is 16.5. The number of aromatic nitrogens is 2. The summed E-state index contributed by atoms with van der Waals surface area (Å²) in [6.45, 7) is 0.738. The second-order valence-corrected chi connectivity index (χ2v) is 3.30. The van der Waals surface area contributed by atoms with Crippen LogP contribution in [0.5, 0.6) is 5.88 Å². The molecule has 0 aromatic carbocycles. The first kappa shape index (κ1) is 10.4. The van der Waals surface area contributed by atoms with Gasteiger partial charge in [0.05, 0.1) is 19.0 Å². The molecular weight excluding hydrogens is 202 g/mol. The van der Waals surface area contributed by atoms with Crippen molar-refractivity contribution in [1.82, 2.24) is 9.97 Å². The molecule has 0 aliphatic rings. The first-order valence-corrected chi connectivity index (χ1v) is 5.01. The van der Waals surface area contributed by atoms with E-state index in [0.29, 0.717) is 5.88 Å². The average molecular weight is 215 g/mol. The summed E-state index contributed by atoms with van der Waals surface area (Å²) in [7, 11) is 1.60. The molecule has 0 aliphatic heterocycles. The van der Waals surface area contributed by atoms with Gasteiger partial charge in [-0.1, -0.05) is 6.07 Å². The smallest absolute Gasteiger partial charge is 0.213 e. The molecular formula is C12H13N3O. The van der Waals surface area contributed by atoms with Crippen LogP contribution in [0.3, 0.4) is 0 Å². The van der Waals surface area contributed by atoms with E-state index < -0.39 is 0 Å². The van der Waals surface area contributed by atoms with Gasteiger partial charge in [0.25, 0.3) is 0 Å². The van der Waals surface area contributed by atoms with Gasteiger partial charge in [0.1, 0.15) is 0 Å². The van der Waals surface area contributed by atoms with Crippen LogP contribution >= 0.6 is 0 Å². The normalized spacial score (nSPS) is 9.81. The summed E-state index contributed by atoms with van der Waals surface area (Å²) in [6.07, 6.45) is 5.34. The molecule has 2 rings (SSSR count). The summed E-state index contributed by atoms with van der Waals surface area (Å²) in [4.78, 5) is 8.16.